The summed E-state index contributed by atoms with van der Waals surface area (Å²) < 4.78 is 6.47. The molecule has 1 N–H and O–H groups in total. The van der Waals surface area contributed by atoms with Crippen LogP contribution in [-0.4, -0.2) is 37.4 Å². The number of carbonyl (C=O) groups is 2. The van der Waals surface area contributed by atoms with Crippen molar-refractivity contribution in [3.63, 3.8) is 0 Å². The Morgan fingerprint density at radius 3 is 2.42 bits per heavy atom. The number of anilines is 1. The van der Waals surface area contributed by atoms with Crippen molar-refractivity contribution in [2.75, 3.05) is 26.0 Å². The van der Waals surface area contributed by atoms with E-state index in [2.05, 4.69) is 21.2 Å². The summed E-state index contributed by atoms with van der Waals surface area (Å²) in [4.78, 5) is 25.7. The maximum Gasteiger partial charge on any atom is 0.262 e. The van der Waals surface area contributed by atoms with E-state index in [1.165, 1.54) is 0 Å². The number of hydrogen-bond donors (Lipinski definition) is 1. The van der Waals surface area contributed by atoms with Crippen molar-refractivity contribution in [3.8, 4) is 16.9 Å². The van der Waals surface area contributed by atoms with E-state index in [0.717, 1.165) is 21.2 Å². The second-order valence-electron chi connectivity index (χ2n) is 7.34. The van der Waals surface area contributed by atoms with E-state index in [4.69, 9.17) is 4.74 Å². The summed E-state index contributed by atoms with van der Waals surface area (Å²) in [7, 11) is 3.49. The van der Waals surface area contributed by atoms with Gasteiger partial charge in [0.15, 0.2) is 6.61 Å². The first kappa shape index (κ1) is 22.6. The summed E-state index contributed by atoms with van der Waals surface area (Å²) >= 11 is 3.52. The third-order valence-electron chi connectivity index (χ3n) is 4.73. The van der Waals surface area contributed by atoms with Crippen molar-refractivity contribution in [1.82, 2.24) is 4.90 Å². The van der Waals surface area contributed by atoms with Crippen molar-refractivity contribution < 1.29 is 14.3 Å². The first-order chi connectivity index (χ1) is 14.9. The summed E-state index contributed by atoms with van der Waals surface area (Å²) in [5.74, 6) is 0.429. The minimum atomic E-state index is -0.249. The lowest BCUT2D eigenvalue weighted by Gasteiger charge is -2.12. The van der Waals surface area contributed by atoms with Crippen LogP contribution in [0.15, 0.2) is 77.3 Å². The van der Waals surface area contributed by atoms with Gasteiger partial charge in [0.05, 0.1) is 4.47 Å². The SMILES string of the molecule is CN(C)C(=O)CCc1cccc(NC(=O)COc2ccc(-c3ccccc3)cc2Br)c1. The van der Waals surface area contributed by atoms with E-state index in [1.54, 1.807) is 19.0 Å². The van der Waals surface area contributed by atoms with Gasteiger partial charge in [0.25, 0.3) is 5.91 Å². The van der Waals surface area contributed by atoms with Gasteiger partial charge in [0.1, 0.15) is 5.75 Å². The molecule has 0 heterocycles. The number of nitrogens with one attached hydrogen (secondary N) is 1. The molecule has 160 valence electrons. The molecule has 0 radical (unpaired) electrons. The second kappa shape index (κ2) is 10.8. The van der Waals surface area contributed by atoms with Gasteiger partial charge in [0.2, 0.25) is 5.91 Å². The van der Waals surface area contributed by atoms with Crippen LogP contribution in [0.2, 0.25) is 0 Å². The Kier molecular flexibility index (Phi) is 7.84. The highest BCUT2D eigenvalue weighted by Gasteiger charge is 2.09. The molecule has 0 saturated heterocycles. The average molecular weight is 481 g/mol. The van der Waals surface area contributed by atoms with E-state index in [0.29, 0.717) is 24.3 Å². The number of nitrogens with zero attached hydrogens (tertiary/aromatic N) is 1. The van der Waals surface area contributed by atoms with Crippen LogP contribution in [0.3, 0.4) is 0 Å². The van der Waals surface area contributed by atoms with Crippen molar-refractivity contribution in [2.45, 2.75) is 12.8 Å². The van der Waals surface area contributed by atoms with Crippen LogP contribution in [0.5, 0.6) is 5.75 Å². The molecule has 2 amide bonds. The number of benzene rings is 3. The van der Waals surface area contributed by atoms with Gasteiger partial charge >= 0.3 is 0 Å². The third kappa shape index (κ3) is 6.69. The van der Waals surface area contributed by atoms with Gasteiger partial charge in [-0.1, -0.05) is 48.5 Å². The molecule has 0 aliphatic carbocycles. The van der Waals surface area contributed by atoms with Gasteiger partial charge in [-0.15, -0.1) is 0 Å². The van der Waals surface area contributed by atoms with Crippen LogP contribution in [0.4, 0.5) is 5.69 Å². The molecule has 0 unspecified atom stereocenters. The van der Waals surface area contributed by atoms with Gasteiger partial charge in [-0.05, 0) is 63.3 Å². The first-order valence-electron chi connectivity index (χ1n) is 9.99. The largest absolute Gasteiger partial charge is 0.483 e. The number of ether oxygens (including phenoxy) is 1. The molecule has 0 aromatic heterocycles. The quantitative estimate of drug-likeness (QED) is 0.484. The highest BCUT2D eigenvalue weighted by atomic mass is 79.9. The number of rotatable bonds is 8. The first-order valence-corrected chi connectivity index (χ1v) is 10.8. The smallest absolute Gasteiger partial charge is 0.262 e. The average Bonchev–Trinajstić information content (AvgIpc) is 2.77. The number of halogens is 1. The minimum absolute atomic E-state index is 0.0756. The Bertz CT molecular complexity index is 1050. The summed E-state index contributed by atoms with van der Waals surface area (Å²) in [6.07, 6.45) is 1.05. The van der Waals surface area contributed by atoms with Gasteiger partial charge in [-0.2, -0.15) is 0 Å². The molecule has 5 nitrogen and oxygen atoms in total. The molecule has 3 aromatic rings. The fourth-order valence-electron chi connectivity index (χ4n) is 3.05. The van der Waals surface area contributed by atoms with Crippen LogP contribution in [0.1, 0.15) is 12.0 Å². The maximum atomic E-state index is 12.3. The zero-order valence-electron chi connectivity index (χ0n) is 17.6. The predicted molar refractivity (Wildman–Crippen MR) is 127 cm³/mol. The van der Waals surface area contributed by atoms with Crippen LogP contribution in [0.25, 0.3) is 11.1 Å². The summed E-state index contributed by atoms with van der Waals surface area (Å²) in [5, 5.41) is 2.85. The summed E-state index contributed by atoms with van der Waals surface area (Å²) in [5.41, 5.74) is 3.85. The number of amides is 2. The van der Waals surface area contributed by atoms with Crippen LogP contribution >= 0.6 is 15.9 Å². The van der Waals surface area contributed by atoms with E-state index in [1.807, 2.05) is 72.8 Å². The van der Waals surface area contributed by atoms with Crippen LogP contribution < -0.4 is 10.1 Å². The molecule has 6 heteroatoms. The summed E-state index contributed by atoms with van der Waals surface area (Å²) in [6.45, 7) is -0.105. The zero-order chi connectivity index (χ0) is 22.2. The molecule has 0 bridgehead atoms. The Morgan fingerprint density at radius 1 is 0.935 bits per heavy atom. The van der Waals surface area contributed by atoms with Gasteiger partial charge in [0, 0.05) is 26.2 Å². The van der Waals surface area contributed by atoms with Crippen molar-refractivity contribution >= 4 is 33.4 Å². The molecule has 0 fully saturated rings. The van der Waals surface area contributed by atoms with Gasteiger partial charge < -0.3 is 15.0 Å². The number of carbonyl (C=O) groups excluding carboxylic acids is 2. The van der Waals surface area contributed by atoms with E-state index in [-0.39, 0.29) is 18.4 Å². The van der Waals surface area contributed by atoms with Gasteiger partial charge in [-0.25, -0.2) is 0 Å². The lowest BCUT2D eigenvalue weighted by Crippen LogP contribution is -2.22. The van der Waals surface area contributed by atoms with Gasteiger partial charge in [-0.3, -0.25) is 9.59 Å². The molecule has 0 aliphatic rings. The lowest BCUT2D eigenvalue weighted by atomic mass is 10.1. The van der Waals surface area contributed by atoms with E-state index < -0.39 is 0 Å². The second-order valence-corrected chi connectivity index (χ2v) is 8.19. The highest BCUT2D eigenvalue weighted by molar-refractivity contribution is 9.10. The normalized spacial score (nSPS) is 10.4. The Morgan fingerprint density at radius 2 is 1.71 bits per heavy atom. The molecule has 0 saturated carbocycles. The Labute approximate surface area is 191 Å². The molecule has 0 atom stereocenters. The molecule has 3 aromatic carbocycles. The molecular formula is C25H25BrN2O3. The zero-order valence-corrected chi connectivity index (χ0v) is 19.2. The molecule has 0 spiro atoms. The topological polar surface area (TPSA) is 58.6 Å². The van der Waals surface area contributed by atoms with E-state index in [9.17, 15) is 9.59 Å². The van der Waals surface area contributed by atoms with Crippen molar-refractivity contribution in [3.05, 3.63) is 82.8 Å². The van der Waals surface area contributed by atoms with Crippen molar-refractivity contribution in [1.29, 1.82) is 0 Å². The third-order valence-corrected chi connectivity index (χ3v) is 5.35. The Balaban J connectivity index is 1.54. The fraction of sp³-hybridized carbons (Fsp3) is 0.200. The minimum Gasteiger partial charge on any atom is -0.483 e. The molecule has 3 rings (SSSR count). The molecular weight excluding hydrogens is 456 g/mol. The van der Waals surface area contributed by atoms with Crippen LogP contribution in [-0.2, 0) is 16.0 Å². The maximum absolute atomic E-state index is 12.3. The number of aryl methyl sites for hydroxylation is 1. The number of hydrogen-bond acceptors (Lipinski definition) is 3. The fourth-order valence-corrected chi connectivity index (χ4v) is 3.54. The lowest BCUT2D eigenvalue weighted by molar-refractivity contribution is -0.128. The standard InChI is InChI=1S/C25H25BrN2O3/c1-28(2)25(30)14-11-18-7-6-10-21(15-18)27-24(29)17-31-23-13-12-20(16-22(23)26)19-8-4-3-5-9-19/h3-10,12-13,15-16H,11,14,17H2,1-2H3,(H,27,29). The van der Waals surface area contributed by atoms with Crippen LogP contribution in [0, 0.1) is 0 Å². The monoisotopic (exact) mass is 480 g/mol. The Hall–Kier alpha value is -3.12. The van der Waals surface area contributed by atoms with Crippen molar-refractivity contribution in [2.24, 2.45) is 0 Å². The highest BCUT2D eigenvalue weighted by Crippen LogP contribution is 2.30. The molecule has 31 heavy (non-hydrogen) atoms. The van der Waals surface area contributed by atoms with E-state index >= 15 is 0 Å². The predicted octanol–water partition coefficient (Wildman–Crippen LogP) is 5.15. The molecule has 0 aliphatic heterocycles. The summed E-state index contributed by atoms with van der Waals surface area (Å²) in [6, 6.07) is 23.3.